The van der Waals surface area contributed by atoms with Crippen LogP contribution in [0.15, 0.2) is 55.0 Å². The van der Waals surface area contributed by atoms with Crippen molar-refractivity contribution in [2.45, 2.75) is 20.3 Å². The first-order valence-electron chi connectivity index (χ1n) is 10.3. The molecule has 0 bridgehead atoms. The summed E-state index contributed by atoms with van der Waals surface area (Å²) in [5.41, 5.74) is 1.84. The zero-order valence-corrected chi connectivity index (χ0v) is 17.4. The summed E-state index contributed by atoms with van der Waals surface area (Å²) in [6.45, 7) is 7.07. The fourth-order valence-electron chi connectivity index (χ4n) is 3.55. The van der Waals surface area contributed by atoms with Gasteiger partial charge in [-0.25, -0.2) is 9.67 Å². The Balaban J connectivity index is 1.46. The summed E-state index contributed by atoms with van der Waals surface area (Å²) < 4.78 is 1.74. The van der Waals surface area contributed by atoms with Crippen molar-refractivity contribution < 1.29 is 4.79 Å². The van der Waals surface area contributed by atoms with Gasteiger partial charge in [-0.3, -0.25) is 4.79 Å². The van der Waals surface area contributed by atoms with Crippen LogP contribution in [0.25, 0.3) is 5.69 Å². The monoisotopic (exact) mass is 405 g/mol. The van der Waals surface area contributed by atoms with E-state index in [9.17, 15) is 4.79 Å². The Morgan fingerprint density at radius 3 is 2.67 bits per heavy atom. The van der Waals surface area contributed by atoms with Gasteiger partial charge < -0.3 is 15.1 Å². The first kappa shape index (κ1) is 19.9. The third-order valence-electron chi connectivity index (χ3n) is 5.14. The molecule has 0 atom stereocenters. The second-order valence-electron chi connectivity index (χ2n) is 7.70. The van der Waals surface area contributed by atoms with Crippen LogP contribution in [-0.2, 0) is 4.79 Å². The van der Waals surface area contributed by atoms with Gasteiger partial charge in [0.05, 0.1) is 5.69 Å². The predicted molar refractivity (Wildman–Crippen MR) is 117 cm³/mol. The second-order valence-corrected chi connectivity index (χ2v) is 7.70. The Morgan fingerprint density at radius 1 is 1.03 bits per heavy atom. The molecule has 0 spiro atoms. The minimum Gasteiger partial charge on any atom is -0.355 e. The third-order valence-corrected chi connectivity index (χ3v) is 5.14. The quantitative estimate of drug-likeness (QED) is 0.703. The molecule has 0 aliphatic carbocycles. The standard InChI is InChI=1S/C22H27N7O/c1-17(2)21(30)28-12-6-11-27(13-14-28)20-15-19(9-10-23-20)29-16-24-22(26-29)25-18-7-4-3-5-8-18/h3-5,7-10,15-17H,6,11-14H2,1-2H3,(H,25,26). The molecule has 0 saturated carbocycles. The first-order chi connectivity index (χ1) is 14.6. The molecule has 0 unspecified atom stereocenters. The summed E-state index contributed by atoms with van der Waals surface area (Å²) in [7, 11) is 0. The Kier molecular flexibility index (Phi) is 5.92. The molecule has 0 radical (unpaired) electrons. The maximum Gasteiger partial charge on any atom is 0.246 e. The van der Waals surface area contributed by atoms with E-state index in [1.165, 1.54) is 0 Å². The van der Waals surface area contributed by atoms with Crippen LogP contribution in [0, 0.1) is 5.92 Å². The highest BCUT2D eigenvalue weighted by Gasteiger charge is 2.21. The van der Waals surface area contributed by atoms with Gasteiger partial charge in [0.2, 0.25) is 11.9 Å². The molecule has 2 aromatic heterocycles. The van der Waals surface area contributed by atoms with Gasteiger partial charge in [-0.1, -0.05) is 32.0 Å². The van der Waals surface area contributed by atoms with Gasteiger partial charge in [0.25, 0.3) is 0 Å². The number of nitrogens with one attached hydrogen (secondary N) is 1. The molecule has 8 nitrogen and oxygen atoms in total. The molecule has 3 heterocycles. The van der Waals surface area contributed by atoms with Crippen molar-refractivity contribution in [1.29, 1.82) is 0 Å². The van der Waals surface area contributed by atoms with Gasteiger partial charge in [-0.15, -0.1) is 5.10 Å². The van der Waals surface area contributed by atoms with Gasteiger partial charge in [-0.2, -0.15) is 4.98 Å². The van der Waals surface area contributed by atoms with Crippen molar-refractivity contribution in [3.05, 3.63) is 55.0 Å². The Hall–Kier alpha value is -3.42. The number of benzene rings is 1. The van der Waals surface area contributed by atoms with E-state index in [4.69, 9.17) is 0 Å². The lowest BCUT2D eigenvalue weighted by Crippen LogP contribution is -2.37. The van der Waals surface area contributed by atoms with Crippen LogP contribution >= 0.6 is 0 Å². The fraction of sp³-hybridized carbons (Fsp3) is 0.364. The van der Waals surface area contributed by atoms with E-state index in [0.29, 0.717) is 5.95 Å². The van der Waals surface area contributed by atoms with Crippen LogP contribution in [-0.4, -0.2) is 56.7 Å². The maximum absolute atomic E-state index is 12.3. The molecule has 1 aliphatic heterocycles. The number of hydrogen-bond donors (Lipinski definition) is 1. The average molecular weight is 406 g/mol. The second kappa shape index (κ2) is 8.94. The van der Waals surface area contributed by atoms with Gasteiger partial charge in [0.1, 0.15) is 12.1 Å². The summed E-state index contributed by atoms with van der Waals surface area (Å²) in [5, 5.41) is 7.73. The number of carbonyl (C=O) groups is 1. The summed E-state index contributed by atoms with van der Waals surface area (Å²) >= 11 is 0. The molecule has 1 saturated heterocycles. The molecule has 8 heteroatoms. The number of pyridine rings is 1. The van der Waals surface area contributed by atoms with Crippen molar-refractivity contribution >= 4 is 23.4 Å². The molecular weight excluding hydrogens is 378 g/mol. The molecule has 1 amide bonds. The van der Waals surface area contributed by atoms with Crippen molar-refractivity contribution in [2.75, 3.05) is 36.4 Å². The van der Waals surface area contributed by atoms with E-state index in [1.807, 2.05) is 61.2 Å². The molecule has 1 N–H and O–H groups in total. The molecule has 30 heavy (non-hydrogen) atoms. The summed E-state index contributed by atoms with van der Waals surface area (Å²) in [6.07, 6.45) is 4.41. The lowest BCUT2D eigenvalue weighted by Gasteiger charge is -2.24. The summed E-state index contributed by atoms with van der Waals surface area (Å²) in [4.78, 5) is 25.4. The Bertz CT molecular complexity index is 986. The van der Waals surface area contributed by atoms with Crippen molar-refractivity contribution in [2.24, 2.45) is 5.92 Å². The van der Waals surface area contributed by atoms with E-state index in [0.717, 1.165) is 49.8 Å². The van der Waals surface area contributed by atoms with Gasteiger partial charge in [-0.05, 0) is 24.6 Å². The molecule has 4 rings (SSSR count). The minimum atomic E-state index is 0.0315. The van der Waals surface area contributed by atoms with Crippen molar-refractivity contribution in [3.8, 4) is 5.69 Å². The number of rotatable bonds is 5. The van der Waals surface area contributed by atoms with E-state index >= 15 is 0 Å². The van der Waals surface area contributed by atoms with Crippen LogP contribution < -0.4 is 10.2 Å². The molecular formula is C22H27N7O. The van der Waals surface area contributed by atoms with E-state index in [-0.39, 0.29) is 11.8 Å². The number of anilines is 3. The van der Waals surface area contributed by atoms with Gasteiger partial charge >= 0.3 is 0 Å². The van der Waals surface area contributed by atoms with Crippen LogP contribution in [0.3, 0.4) is 0 Å². The van der Waals surface area contributed by atoms with Crippen LogP contribution in [0.5, 0.6) is 0 Å². The summed E-state index contributed by atoms with van der Waals surface area (Å²) in [5.74, 6) is 1.68. The van der Waals surface area contributed by atoms with Gasteiger partial charge in [0.15, 0.2) is 0 Å². The van der Waals surface area contributed by atoms with Crippen molar-refractivity contribution in [3.63, 3.8) is 0 Å². The normalized spacial score (nSPS) is 14.6. The van der Waals surface area contributed by atoms with Crippen LogP contribution in [0.2, 0.25) is 0 Å². The van der Waals surface area contributed by atoms with Crippen molar-refractivity contribution in [1.82, 2.24) is 24.6 Å². The van der Waals surface area contributed by atoms with Gasteiger partial charge in [0, 0.05) is 50.0 Å². The van der Waals surface area contributed by atoms with E-state index in [1.54, 1.807) is 17.2 Å². The molecule has 1 fully saturated rings. The zero-order valence-electron chi connectivity index (χ0n) is 17.4. The number of nitrogens with zero attached hydrogens (tertiary/aromatic N) is 6. The number of hydrogen-bond acceptors (Lipinski definition) is 6. The maximum atomic E-state index is 12.3. The van der Waals surface area contributed by atoms with Crippen LogP contribution in [0.1, 0.15) is 20.3 Å². The Morgan fingerprint density at radius 2 is 1.87 bits per heavy atom. The predicted octanol–water partition coefficient (Wildman–Crippen LogP) is 3.10. The van der Waals surface area contributed by atoms with E-state index < -0.39 is 0 Å². The topological polar surface area (TPSA) is 79.2 Å². The molecule has 156 valence electrons. The Labute approximate surface area is 176 Å². The third kappa shape index (κ3) is 4.59. The number of amides is 1. The molecule has 1 aromatic carbocycles. The highest BCUT2D eigenvalue weighted by atomic mass is 16.2. The SMILES string of the molecule is CC(C)C(=O)N1CCCN(c2cc(-n3cnc(Nc4ccccc4)n3)ccn2)CC1. The lowest BCUT2D eigenvalue weighted by molar-refractivity contribution is -0.134. The summed E-state index contributed by atoms with van der Waals surface area (Å²) in [6, 6.07) is 13.8. The molecule has 1 aliphatic rings. The number of carbonyl (C=O) groups excluding carboxylic acids is 1. The fourth-order valence-corrected chi connectivity index (χ4v) is 3.55. The highest BCUT2D eigenvalue weighted by molar-refractivity contribution is 5.78. The van der Waals surface area contributed by atoms with E-state index in [2.05, 4.69) is 25.3 Å². The van der Waals surface area contributed by atoms with Crippen LogP contribution in [0.4, 0.5) is 17.5 Å². The zero-order chi connectivity index (χ0) is 20.9. The highest BCUT2D eigenvalue weighted by Crippen LogP contribution is 2.19. The largest absolute Gasteiger partial charge is 0.355 e. The lowest BCUT2D eigenvalue weighted by atomic mass is 10.2. The minimum absolute atomic E-state index is 0.0315. The first-order valence-corrected chi connectivity index (χ1v) is 10.3. The molecule has 3 aromatic rings. The number of aromatic nitrogens is 4. The average Bonchev–Trinajstić information content (AvgIpc) is 3.09. The smallest absolute Gasteiger partial charge is 0.246 e. The number of para-hydroxylation sites is 1.